The van der Waals surface area contributed by atoms with Crippen molar-refractivity contribution in [2.75, 3.05) is 13.7 Å². The number of rotatable bonds is 9. The van der Waals surface area contributed by atoms with Gasteiger partial charge in [-0.3, -0.25) is 4.79 Å². The zero-order chi connectivity index (χ0) is 23.3. The number of carbonyl (C=O) groups is 1. The summed E-state index contributed by atoms with van der Waals surface area (Å²) in [5, 5.41) is 13.8. The normalized spacial score (nSPS) is 11.2. The van der Waals surface area contributed by atoms with Crippen molar-refractivity contribution in [2.45, 2.75) is 26.2 Å². The molecule has 0 aliphatic heterocycles. The zero-order valence-electron chi connectivity index (χ0n) is 17.5. The number of aryl methyl sites for hydroxylation is 1. The number of fused-ring (bicyclic) bond motifs is 1. The second kappa shape index (κ2) is 10.9. The lowest BCUT2D eigenvalue weighted by Gasteiger charge is -2.12. The van der Waals surface area contributed by atoms with Gasteiger partial charge in [-0.1, -0.05) is 29.3 Å². The first-order valence-electron chi connectivity index (χ1n) is 9.81. The van der Waals surface area contributed by atoms with Crippen LogP contribution in [0.1, 0.15) is 31.2 Å². The lowest BCUT2D eigenvalue weighted by atomic mass is 10.2. The summed E-state index contributed by atoms with van der Waals surface area (Å²) in [6.45, 7) is 1.60. The van der Waals surface area contributed by atoms with E-state index in [1.54, 1.807) is 24.4 Å². The number of aromatic nitrogens is 2. The molecule has 10 heteroatoms. The molecule has 1 heterocycles. The van der Waals surface area contributed by atoms with E-state index >= 15 is 0 Å². The fraction of sp³-hybridized carbons (Fsp3) is 0.273. The van der Waals surface area contributed by atoms with Crippen molar-refractivity contribution in [2.24, 2.45) is 5.10 Å². The van der Waals surface area contributed by atoms with Crippen LogP contribution in [0.2, 0.25) is 0 Å². The van der Waals surface area contributed by atoms with E-state index in [2.05, 4.69) is 32.9 Å². The molecule has 0 unspecified atom stereocenters. The van der Waals surface area contributed by atoms with Crippen molar-refractivity contribution in [3.63, 3.8) is 0 Å². The summed E-state index contributed by atoms with van der Waals surface area (Å²) < 4.78 is 13.5. The fourth-order valence-electron chi connectivity index (χ4n) is 3.02. The maximum absolute atomic E-state index is 13.2. The van der Waals surface area contributed by atoms with Gasteiger partial charge in [-0.25, -0.2) is 9.78 Å². The molecule has 0 bridgehead atoms. The minimum atomic E-state index is -1.08. The maximum Gasteiger partial charge on any atom is 0.341 e. The van der Waals surface area contributed by atoms with E-state index in [-0.39, 0.29) is 5.56 Å². The molecule has 3 aromatic rings. The van der Waals surface area contributed by atoms with Gasteiger partial charge in [0.25, 0.3) is 5.56 Å². The number of hydrogen-bond acceptors (Lipinski definition) is 6. The Labute approximate surface area is 206 Å². The molecule has 1 aromatic heterocycles. The molecule has 1 N–H and O–H groups in total. The molecule has 0 fully saturated rings. The molecule has 32 heavy (non-hydrogen) atoms. The van der Waals surface area contributed by atoms with Crippen molar-refractivity contribution >= 4 is 61.6 Å². The second-order valence-electron chi connectivity index (χ2n) is 6.87. The zero-order valence-corrected chi connectivity index (χ0v) is 21.2. The molecule has 8 nitrogen and oxygen atoms in total. The van der Waals surface area contributed by atoms with Gasteiger partial charge >= 0.3 is 5.97 Å². The summed E-state index contributed by atoms with van der Waals surface area (Å²) >= 11 is 5.44. The smallest absolute Gasteiger partial charge is 0.341 e. The van der Waals surface area contributed by atoms with Gasteiger partial charge in [-0.05, 0) is 64.9 Å². The van der Waals surface area contributed by atoms with Gasteiger partial charge in [0, 0.05) is 10.9 Å². The van der Waals surface area contributed by atoms with Crippen LogP contribution in [0.5, 0.6) is 11.5 Å². The van der Waals surface area contributed by atoms with E-state index in [1.165, 1.54) is 11.8 Å². The van der Waals surface area contributed by atoms with Crippen molar-refractivity contribution in [3.05, 3.63) is 60.1 Å². The molecule has 0 radical (unpaired) electrons. The molecular weight excluding hydrogens is 593 g/mol. The number of carboxylic acid groups (broad SMARTS) is 1. The van der Waals surface area contributed by atoms with Gasteiger partial charge in [0.1, 0.15) is 5.82 Å². The summed E-state index contributed by atoms with van der Waals surface area (Å²) in [6.07, 6.45) is 4.02. The van der Waals surface area contributed by atoms with Crippen LogP contribution in [0.3, 0.4) is 0 Å². The monoisotopic (exact) mass is 613 g/mol. The quantitative estimate of drug-likeness (QED) is 0.282. The van der Waals surface area contributed by atoms with Gasteiger partial charge in [0.2, 0.25) is 0 Å². The molecular formula is C22H21BrIN3O5. The van der Waals surface area contributed by atoms with E-state index in [1.807, 2.05) is 34.7 Å². The third-order valence-corrected chi connectivity index (χ3v) is 5.84. The average molecular weight is 614 g/mol. The Hall–Kier alpha value is -2.47. The molecule has 168 valence electrons. The van der Waals surface area contributed by atoms with E-state index < -0.39 is 12.6 Å². The lowest BCUT2D eigenvalue weighted by molar-refractivity contribution is -0.139. The Kier molecular flexibility index (Phi) is 8.24. The summed E-state index contributed by atoms with van der Waals surface area (Å²) in [5.41, 5.74) is 1.05. The topological polar surface area (TPSA) is 103 Å². The van der Waals surface area contributed by atoms with Crippen LogP contribution in [-0.4, -0.2) is 40.7 Å². The highest BCUT2D eigenvalue weighted by Gasteiger charge is 2.14. The minimum absolute atomic E-state index is 0.248. The predicted molar refractivity (Wildman–Crippen MR) is 134 cm³/mol. The Morgan fingerprint density at radius 2 is 2.12 bits per heavy atom. The first-order valence-corrected chi connectivity index (χ1v) is 11.7. The minimum Gasteiger partial charge on any atom is -0.493 e. The highest BCUT2D eigenvalue weighted by molar-refractivity contribution is 14.1. The number of halogens is 2. The van der Waals surface area contributed by atoms with Gasteiger partial charge in [0.15, 0.2) is 18.1 Å². The molecule has 0 amide bonds. The third kappa shape index (κ3) is 5.66. The number of ether oxygens (including phenoxy) is 2. The first kappa shape index (κ1) is 24.2. The van der Waals surface area contributed by atoms with Crippen LogP contribution < -0.4 is 15.0 Å². The second-order valence-corrected chi connectivity index (χ2v) is 8.95. The first-order chi connectivity index (χ1) is 15.3. The van der Waals surface area contributed by atoms with E-state index in [0.717, 1.165) is 17.3 Å². The largest absolute Gasteiger partial charge is 0.493 e. The molecule has 0 aliphatic rings. The molecule has 0 aliphatic carbocycles. The number of benzene rings is 2. The van der Waals surface area contributed by atoms with Crippen LogP contribution in [0.25, 0.3) is 10.9 Å². The van der Waals surface area contributed by atoms with Crippen LogP contribution >= 0.6 is 38.5 Å². The Morgan fingerprint density at radius 3 is 2.81 bits per heavy atom. The highest BCUT2D eigenvalue weighted by atomic mass is 127. The Balaban J connectivity index is 2.05. The van der Waals surface area contributed by atoms with Crippen molar-refractivity contribution in [3.8, 4) is 11.5 Å². The number of aliphatic carboxylic acids is 1. The van der Waals surface area contributed by atoms with Crippen molar-refractivity contribution in [1.29, 1.82) is 0 Å². The molecule has 0 saturated carbocycles. The summed E-state index contributed by atoms with van der Waals surface area (Å²) in [5.74, 6) is 0.221. The average Bonchev–Trinajstić information content (AvgIpc) is 2.76. The van der Waals surface area contributed by atoms with Gasteiger partial charge < -0.3 is 14.6 Å². The van der Waals surface area contributed by atoms with Gasteiger partial charge in [-0.2, -0.15) is 9.78 Å². The molecule has 0 spiro atoms. The molecule has 0 atom stereocenters. The number of methoxy groups -OCH3 is 1. The standard InChI is InChI=1S/C22H21BrIN3O5/c1-3-4-5-19-26-17-7-6-14(23)10-15(17)22(30)27(19)25-11-13-8-16(24)21(18(9-13)31-2)32-12-20(28)29/h6-11H,3-5,12H2,1-2H3,(H,28,29). The summed E-state index contributed by atoms with van der Waals surface area (Å²) in [4.78, 5) is 28.7. The van der Waals surface area contributed by atoms with Crippen molar-refractivity contribution in [1.82, 2.24) is 9.66 Å². The van der Waals surface area contributed by atoms with Crippen LogP contribution in [-0.2, 0) is 11.2 Å². The molecule has 0 saturated heterocycles. The van der Waals surface area contributed by atoms with Gasteiger partial charge in [-0.15, -0.1) is 0 Å². The number of hydrogen-bond donors (Lipinski definition) is 1. The van der Waals surface area contributed by atoms with E-state index in [9.17, 15) is 9.59 Å². The highest BCUT2D eigenvalue weighted by Crippen LogP contribution is 2.33. The fourth-order valence-corrected chi connectivity index (χ4v) is 4.17. The predicted octanol–water partition coefficient (Wildman–Crippen LogP) is 4.46. The Morgan fingerprint density at radius 1 is 1.34 bits per heavy atom. The van der Waals surface area contributed by atoms with Crippen LogP contribution in [0.4, 0.5) is 0 Å². The van der Waals surface area contributed by atoms with Crippen LogP contribution in [0.15, 0.2) is 44.7 Å². The van der Waals surface area contributed by atoms with Crippen molar-refractivity contribution < 1.29 is 19.4 Å². The SMILES string of the molecule is CCCCc1nc2ccc(Br)cc2c(=O)n1N=Cc1cc(I)c(OCC(=O)O)c(OC)c1. The molecule has 2 aromatic carbocycles. The van der Waals surface area contributed by atoms with E-state index in [4.69, 9.17) is 14.6 Å². The summed E-state index contributed by atoms with van der Waals surface area (Å²) in [7, 11) is 1.47. The number of unbranched alkanes of at least 4 members (excludes halogenated alkanes) is 1. The van der Waals surface area contributed by atoms with Crippen LogP contribution in [0, 0.1) is 3.57 Å². The number of carboxylic acids is 1. The molecule has 3 rings (SSSR count). The summed E-state index contributed by atoms with van der Waals surface area (Å²) in [6, 6.07) is 8.85. The Bertz CT molecular complexity index is 1240. The van der Waals surface area contributed by atoms with Gasteiger partial charge in [0.05, 0.1) is 27.8 Å². The van der Waals surface area contributed by atoms with E-state index in [0.29, 0.717) is 43.8 Å². The third-order valence-electron chi connectivity index (χ3n) is 4.54. The number of nitrogens with zero attached hydrogens (tertiary/aromatic N) is 3. The maximum atomic E-state index is 13.2. The lowest BCUT2D eigenvalue weighted by Crippen LogP contribution is -2.22.